The van der Waals surface area contributed by atoms with Gasteiger partial charge in [-0.25, -0.2) is 4.79 Å². The number of likely N-dealkylation sites (tertiary alicyclic amines) is 1. The molecule has 150 valence electrons. The van der Waals surface area contributed by atoms with Crippen molar-refractivity contribution in [3.05, 3.63) is 42.0 Å². The zero-order valence-corrected chi connectivity index (χ0v) is 15.9. The van der Waals surface area contributed by atoms with Gasteiger partial charge in [0.15, 0.2) is 0 Å². The van der Waals surface area contributed by atoms with E-state index in [9.17, 15) is 19.5 Å². The van der Waals surface area contributed by atoms with Crippen LogP contribution in [0.25, 0.3) is 0 Å². The first-order valence-corrected chi connectivity index (χ1v) is 9.85. The third-order valence-electron chi connectivity index (χ3n) is 5.41. The molecule has 1 atom stereocenters. The maximum absolute atomic E-state index is 12.6. The molecule has 2 saturated heterocycles. The molecule has 7 nitrogen and oxygen atoms in total. The molecule has 3 N–H and O–H groups in total. The first kappa shape index (κ1) is 20.1. The summed E-state index contributed by atoms with van der Waals surface area (Å²) in [6.45, 7) is 2.96. The second-order valence-electron chi connectivity index (χ2n) is 7.41. The fourth-order valence-electron chi connectivity index (χ4n) is 3.77. The van der Waals surface area contributed by atoms with E-state index in [0.29, 0.717) is 25.4 Å². The molecule has 2 aliphatic heterocycles. The highest BCUT2D eigenvalue weighted by atomic mass is 16.4. The molecule has 1 unspecified atom stereocenters. The molecule has 0 aliphatic carbocycles. The van der Waals surface area contributed by atoms with Gasteiger partial charge in [-0.05, 0) is 62.9 Å². The number of anilines is 1. The summed E-state index contributed by atoms with van der Waals surface area (Å²) in [6.07, 6.45) is 7.16. The van der Waals surface area contributed by atoms with Crippen molar-refractivity contribution in [1.29, 1.82) is 0 Å². The van der Waals surface area contributed by atoms with Crippen molar-refractivity contribution in [3.8, 4) is 0 Å². The normalized spacial score (nSPS) is 20.9. The van der Waals surface area contributed by atoms with E-state index < -0.39 is 5.97 Å². The minimum atomic E-state index is -1.08. The van der Waals surface area contributed by atoms with Gasteiger partial charge >= 0.3 is 5.97 Å². The highest BCUT2D eigenvalue weighted by molar-refractivity contribution is 6.01. The molecule has 0 spiro atoms. The zero-order chi connectivity index (χ0) is 19.9. The Morgan fingerprint density at radius 1 is 1.14 bits per heavy atom. The van der Waals surface area contributed by atoms with E-state index in [1.807, 2.05) is 6.08 Å². The number of rotatable bonds is 5. The van der Waals surface area contributed by atoms with Crippen LogP contribution in [0.4, 0.5) is 5.69 Å². The van der Waals surface area contributed by atoms with Crippen LogP contribution in [0.2, 0.25) is 0 Å². The summed E-state index contributed by atoms with van der Waals surface area (Å²) in [5, 5.41) is 15.3. The number of allylic oxidation sites excluding steroid dienone is 1. The van der Waals surface area contributed by atoms with Crippen molar-refractivity contribution in [2.75, 3.05) is 31.5 Å². The van der Waals surface area contributed by atoms with Gasteiger partial charge in [0, 0.05) is 13.1 Å². The van der Waals surface area contributed by atoms with Gasteiger partial charge in [0.2, 0.25) is 11.8 Å². The Balaban J connectivity index is 1.58. The first-order chi connectivity index (χ1) is 13.5. The van der Waals surface area contributed by atoms with E-state index >= 15 is 0 Å². The number of amides is 2. The average molecular weight is 385 g/mol. The van der Waals surface area contributed by atoms with Crippen LogP contribution in [0.5, 0.6) is 0 Å². The monoisotopic (exact) mass is 385 g/mol. The third kappa shape index (κ3) is 5.19. The molecule has 0 bridgehead atoms. The lowest BCUT2D eigenvalue weighted by atomic mass is 9.96. The van der Waals surface area contributed by atoms with Gasteiger partial charge < -0.3 is 20.6 Å². The topological polar surface area (TPSA) is 98.7 Å². The predicted octanol–water partition coefficient (Wildman–Crippen LogP) is 2.12. The number of aromatic carboxylic acids is 1. The summed E-state index contributed by atoms with van der Waals surface area (Å²) in [4.78, 5) is 38.2. The highest BCUT2D eigenvalue weighted by Crippen LogP contribution is 2.21. The van der Waals surface area contributed by atoms with Crippen LogP contribution in [-0.4, -0.2) is 54.0 Å². The van der Waals surface area contributed by atoms with Gasteiger partial charge in [-0.1, -0.05) is 18.2 Å². The quantitative estimate of drug-likeness (QED) is 0.675. The van der Waals surface area contributed by atoms with E-state index in [4.69, 9.17) is 0 Å². The van der Waals surface area contributed by atoms with Crippen LogP contribution in [0.1, 0.15) is 36.0 Å². The van der Waals surface area contributed by atoms with Gasteiger partial charge in [-0.3, -0.25) is 9.59 Å². The summed E-state index contributed by atoms with van der Waals surface area (Å²) in [5.41, 5.74) is 0.346. The van der Waals surface area contributed by atoms with Crippen LogP contribution in [0, 0.1) is 11.8 Å². The molecule has 0 aromatic heterocycles. The molecule has 0 saturated carbocycles. The second kappa shape index (κ2) is 9.50. The Bertz CT molecular complexity index is 756. The predicted molar refractivity (Wildman–Crippen MR) is 106 cm³/mol. The number of hydrogen-bond acceptors (Lipinski definition) is 4. The van der Waals surface area contributed by atoms with Crippen molar-refractivity contribution < 1.29 is 19.5 Å². The van der Waals surface area contributed by atoms with Crippen LogP contribution in [-0.2, 0) is 9.59 Å². The van der Waals surface area contributed by atoms with Gasteiger partial charge in [-0.2, -0.15) is 0 Å². The lowest BCUT2D eigenvalue weighted by Crippen LogP contribution is -2.43. The van der Waals surface area contributed by atoms with Gasteiger partial charge in [-0.15, -0.1) is 0 Å². The number of carbonyl (C=O) groups excluding carboxylic acids is 2. The Labute approximate surface area is 164 Å². The maximum Gasteiger partial charge on any atom is 0.337 e. The molecular formula is C21H27N3O4. The zero-order valence-electron chi connectivity index (χ0n) is 15.9. The Morgan fingerprint density at radius 2 is 1.89 bits per heavy atom. The fraction of sp³-hybridized carbons (Fsp3) is 0.476. The molecule has 0 radical (unpaired) electrons. The van der Waals surface area contributed by atoms with Gasteiger partial charge in [0.25, 0.3) is 0 Å². The fourth-order valence-corrected chi connectivity index (χ4v) is 3.77. The van der Waals surface area contributed by atoms with Crippen molar-refractivity contribution in [2.24, 2.45) is 11.8 Å². The molecule has 1 aromatic rings. The van der Waals surface area contributed by atoms with Gasteiger partial charge in [0.1, 0.15) is 0 Å². The number of benzene rings is 1. The third-order valence-corrected chi connectivity index (χ3v) is 5.41. The number of para-hydroxylation sites is 1. The highest BCUT2D eigenvalue weighted by Gasteiger charge is 2.28. The molecule has 3 rings (SSSR count). The number of carboxylic acid groups (broad SMARTS) is 1. The first-order valence-electron chi connectivity index (χ1n) is 9.85. The van der Waals surface area contributed by atoms with E-state index in [1.165, 1.54) is 6.07 Å². The summed E-state index contributed by atoms with van der Waals surface area (Å²) < 4.78 is 0. The Hall–Kier alpha value is -2.67. The number of hydrogen-bond donors (Lipinski definition) is 3. The lowest BCUT2D eigenvalue weighted by molar-refractivity contribution is -0.130. The SMILES string of the molecule is O=C(O)c1ccccc1NC(=O)C1CCCN(C(=O)C=CC2CCNCC2)C1. The summed E-state index contributed by atoms with van der Waals surface area (Å²) >= 11 is 0. The summed E-state index contributed by atoms with van der Waals surface area (Å²) in [7, 11) is 0. The summed E-state index contributed by atoms with van der Waals surface area (Å²) in [6, 6.07) is 6.34. The number of piperidine rings is 2. The Kier molecular flexibility index (Phi) is 6.81. The minimum Gasteiger partial charge on any atom is -0.478 e. The number of nitrogens with zero attached hydrogens (tertiary/aromatic N) is 1. The van der Waals surface area contributed by atoms with Crippen LogP contribution < -0.4 is 10.6 Å². The summed E-state index contributed by atoms with van der Waals surface area (Å²) in [5.74, 6) is -1.29. The molecule has 2 aliphatic rings. The number of nitrogens with one attached hydrogen (secondary N) is 2. The Morgan fingerprint density at radius 3 is 2.64 bits per heavy atom. The van der Waals surface area contributed by atoms with Crippen LogP contribution in [0.15, 0.2) is 36.4 Å². The number of carboxylic acids is 1. The van der Waals surface area contributed by atoms with Crippen LogP contribution >= 0.6 is 0 Å². The van der Waals surface area contributed by atoms with E-state index in [2.05, 4.69) is 10.6 Å². The van der Waals surface area contributed by atoms with Crippen molar-refractivity contribution in [2.45, 2.75) is 25.7 Å². The van der Waals surface area contributed by atoms with E-state index in [0.717, 1.165) is 32.4 Å². The maximum atomic E-state index is 12.6. The molecular weight excluding hydrogens is 358 g/mol. The molecule has 2 fully saturated rings. The number of carbonyl (C=O) groups is 3. The standard InChI is InChI=1S/C21H27N3O4/c25-19(8-7-15-9-11-22-12-10-15)24-13-3-4-16(14-24)20(26)23-18-6-2-1-5-17(18)21(27)28/h1-2,5-8,15-16,22H,3-4,9-14H2,(H,23,26)(H,27,28). The van der Waals surface area contributed by atoms with E-state index in [1.54, 1.807) is 29.2 Å². The van der Waals surface area contributed by atoms with Crippen molar-refractivity contribution >= 4 is 23.5 Å². The molecule has 7 heteroatoms. The van der Waals surface area contributed by atoms with Crippen molar-refractivity contribution in [1.82, 2.24) is 10.2 Å². The second-order valence-corrected chi connectivity index (χ2v) is 7.41. The molecule has 2 heterocycles. The molecule has 1 aromatic carbocycles. The lowest BCUT2D eigenvalue weighted by Gasteiger charge is -2.31. The average Bonchev–Trinajstić information content (AvgIpc) is 2.73. The smallest absolute Gasteiger partial charge is 0.337 e. The molecule has 2 amide bonds. The van der Waals surface area contributed by atoms with Crippen molar-refractivity contribution in [3.63, 3.8) is 0 Å². The van der Waals surface area contributed by atoms with Gasteiger partial charge in [0.05, 0.1) is 17.2 Å². The minimum absolute atomic E-state index is 0.0537. The largest absolute Gasteiger partial charge is 0.478 e. The molecule has 28 heavy (non-hydrogen) atoms. The van der Waals surface area contributed by atoms with Crippen LogP contribution in [0.3, 0.4) is 0 Å². The van der Waals surface area contributed by atoms with E-state index in [-0.39, 0.29) is 29.0 Å².